The molecule has 0 amide bonds. The van der Waals surface area contributed by atoms with E-state index in [1.807, 2.05) is 6.08 Å². The Morgan fingerprint density at radius 1 is 1.11 bits per heavy atom. The Morgan fingerprint density at radius 2 is 1.93 bits per heavy atom. The SMILES string of the molecule is CCO[C@H]1C[C@@H]2C[C@H]3[C@@H]4CCC5=CC(=O)CC[C@]5(C)[C@H]4CC[C@]3(C)C2=C(C)O1. The van der Waals surface area contributed by atoms with Crippen molar-refractivity contribution in [2.24, 2.45) is 34.5 Å². The molecule has 0 saturated heterocycles. The molecule has 5 aliphatic rings. The summed E-state index contributed by atoms with van der Waals surface area (Å²) in [6.07, 6.45) is 11.1. The molecule has 0 unspecified atom stereocenters. The highest BCUT2D eigenvalue weighted by Crippen LogP contribution is 2.69. The van der Waals surface area contributed by atoms with E-state index in [0.29, 0.717) is 17.1 Å². The fourth-order valence-corrected chi connectivity index (χ4v) is 8.27. The number of rotatable bonds is 2. The third kappa shape index (κ3) is 2.54. The summed E-state index contributed by atoms with van der Waals surface area (Å²) in [5.41, 5.74) is 3.66. The minimum absolute atomic E-state index is 0.0546. The normalized spacial score (nSPS) is 47.5. The van der Waals surface area contributed by atoms with Crippen LogP contribution < -0.4 is 0 Å². The second kappa shape index (κ2) is 6.45. The van der Waals surface area contributed by atoms with Crippen LogP contribution in [0.25, 0.3) is 0 Å². The van der Waals surface area contributed by atoms with Crippen LogP contribution in [0.1, 0.15) is 79.1 Å². The molecule has 4 aliphatic carbocycles. The van der Waals surface area contributed by atoms with Gasteiger partial charge in [-0.2, -0.15) is 0 Å². The quantitative estimate of drug-likeness (QED) is 0.603. The van der Waals surface area contributed by atoms with Crippen molar-refractivity contribution >= 4 is 5.78 Å². The summed E-state index contributed by atoms with van der Waals surface area (Å²) in [4.78, 5) is 12.0. The van der Waals surface area contributed by atoms with Crippen molar-refractivity contribution in [3.05, 3.63) is 23.0 Å². The minimum atomic E-state index is -0.0546. The van der Waals surface area contributed by atoms with Crippen LogP contribution in [0.4, 0.5) is 0 Å². The molecule has 28 heavy (non-hydrogen) atoms. The first-order chi connectivity index (χ1) is 13.4. The maximum absolute atomic E-state index is 12.0. The zero-order valence-electron chi connectivity index (χ0n) is 18.1. The van der Waals surface area contributed by atoms with Crippen LogP contribution in [0.3, 0.4) is 0 Å². The van der Waals surface area contributed by atoms with Crippen molar-refractivity contribution in [1.29, 1.82) is 0 Å². The van der Waals surface area contributed by atoms with E-state index in [1.165, 1.54) is 31.3 Å². The van der Waals surface area contributed by atoms with Gasteiger partial charge in [-0.15, -0.1) is 0 Å². The number of ketones is 1. The Morgan fingerprint density at radius 3 is 2.71 bits per heavy atom. The van der Waals surface area contributed by atoms with Crippen LogP contribution in [0.5, 0.6) is 0 Å². The monoisotopic (exact) mass is 384 g/mol. The lowest BCUT2D eigenvalue weighted by Gasteiger charge is -2.57. The van der Waals surface area contributed by atoms with Gasteiger partial charge in [-0.3, -0.25) is 4.79 Å². The number of carbonyl (C=O) groups is 1. The van der Waals surface area contributed by atoms with E-state index in [2.05, 4.69) is 27.7 Å². The predicted molar refractivity (Wildman–Crippen MR) is 109 cm³/mol. The van der Waals surface area contributed by atoms with Gasteiger partial charge in [0.05, 0.1) is 5.76 Å². The van der Waals surface area contributed by atoms with E-state index in [9.17, 15) is 4.79 Å². The van der Waals surface area contributed by atoms with Crippen LogP contribution in [0.15, 0.2) is 23.0 Å². The van der Waals surface area contributed by atoms with Crippen molar-refractivity contribution in [3.63, 3.8) is 0 Å². The zero-order chi connectivity index (χ0) is 19.7. The summed E-state index contributed by atoms with van der Waals surface area (Å²) in [5, 5.41) is 0. The van der Waals surface area contributed by atoms with E-state index in [1.54, 1.807) is 5.57 Å². The van der Waals surface area contributed by atoms with Crippen LogP contribution in [0.2, 0.25) is 0 Å². The molecule has 5 rings (SSSR count). The highest BCUT2D eigenvalue weighted by atomic mass is 16.7. The fraction of sp³-hybridized carbons (Fsp3) is 0.800. The van der Waals surface area contributed by atoms with Gasteiger partial charge in [0.2, 0.25) is 0 Å². The number of fused-ring (bicyclic) bond motifs is 7. The predicted octanol–water partition coefficient (Wildman–Crippen LogP) is 5.80. The smallest absolute Gasteiger partial charge is 0.199 e. The van der Waals surface area contributed by atoms with Crippen molar-refractivity contribution in [2.45, 2.75) is 85.4 Å². The number of hydrogen-bond acceptors (Lipinski definition) is 3. The molecule has 3 saturated carbocycles. The standard InChI is InChI=1S/C25H36O3/c1-5-27-22-13-16-12-21-19-7-6-17-14-18(26)8-10-24(17,3)20(19)9-11-25(21,4)23(16)15(2)28-22/h14,16,19-22H,5-13H2,1-4H3/t16-,19+,20-,21-,22+,24-,25-/m0/s1. The fourth-order valence-electron chi connectivity index (χ4n) is 8.27. The summed E-state index contributed by atoms with van der Waals surface area (Å²) < 4.78 is 12.1. The van der Waals surface area contributed by atoms with E-state index in [0.717, 1.165) is 55.8 Å². The maximum atomic E-state index is 12.0. The average molecular weight is 385 g/mol. The molecule has 0 N–H and O–H groups in total. The van der Waals surface area contributed by atoms with Gasteiger partial charge in [0.15, 0.2) is 12.1 Å². The maximum Gasteiger partial charge on any atom is 0.199 e. The molecule has 3 fully saturated rings. The Kier molecular flexibility index (Phi) is 4.36. The molecule has 0 radical (unpaired) electrons. The molecule has 0 spiro atoms. The molecular weight excluding hydrogens is 348 g/mol. The Labute approximate surface area is 169 Å². The lowest BCUT2D eigenvalue weighted by Crippen LogP contribution is -2.49. The lowest BCUT2D eigenvalue weighted by atomic mass is 9.47. The van der Waals surface area contributed by atoms with Gasteiger partial charge in [-0.05, 0) is 98.5 Å². The molecule has 1 heterocycles. The van der Waals surface area contributed by atoms with E-state index in [-0.39, 0.29) is 11.7 Å². The highest BCUT2D eigenvalue weighted by molar-refractivity contribution is 5.91. The second-order valence-corrected chi connectivity index (χ2v) is 10.6. The zero-order valence-corrected chi connectivity index (χ0v) is 18.1. The number of carbonyl (C=O) groups excluding carboxylic acids is 1. The van der Waals surface area contributed by atoms with Crippen molar-refractivity contribution in [3.8, 4) is 0 Å². The lowest BCUT2D eigenvalue weighted by molar-refractivity contribution is -0.132. The minimum Gasteiger partial charge on any atom is -0.470 e. The molecule has 0 bridgehead atoms. The van der Waals surface area contributed by atoms with Crippen molar-refractivity contribution in [2.75, 3.05) is 6.61 Å². The molecule has 0 aromatic heterocycles. The summed E-state index contributed by atoms with van der Waals surface area (Å²) >= 11 is 0. The summed E-state index contributed by atoms with van der Waals surface area (Å²) in [5.74, 6) is 4.47. The van der Waals surface area contributed by atoms with Gasteiger partial charge in [0, 0.05) is 19.4 Å². The van der Waals surface area contributed by atoms with Crippen molar-refractivity contribution < 1.29 is 14.3 Å². The van der Waals surface area contributed by atoms with Crippen LogP contribution in [0, 0.1) is 34.5 Å². The van der Waals surface area contributed by atoms with Gasteiger partial charge in [0.1, 0.15) is 0 Å². The highest BCUT2D eigenvalue weighted by Gasteiger charge is 2.60. The molecule has 1 aliphatic heterocycles. The largest absolute Gasteiger partial charge is 0.470 e. The van der Waals surface area contributed by atoms with Crippen LogP contribution >= 0.6 is 0 Å². The van der Waals surface area contributed by atoms with Crippen LogP contribution in [-0.4, -0.2) is 18.7 Å². The molecule has 3 nitrogen and oxygen atoms in total. The Bertz CT molecular complexity index is 749. The van der Waals surface area contributed by atoms with Gasteiger partial charge in [-0.1, -0.05) is 19.4 Å². The third-order valence-electron chi connectivity index (χ3n) is 9.43. The number of allylic oxidation sites excluding steroid dienone is 3. The molecule has 0 aromatic rings. The van der Waals surface area contributed by atoms with Crippen molar-refractivity contribution in [1.82, 2.24) is 0 Å². The topological polar surface area (TPSA) is 35.5 Å². The van der Waals surface area contributed by atoms with Gasteiger partial charge < -0.3 is 9.47 Å². The number of ether oxygens (including phenoxy) is 2. The molecular formula is C25H36O3. The first-order valence-corrected chi connectivity index (χ1v) is 11.6. The summed E-state index contributed by atoms with van der Waals surface area (Å²) in [7, 11) is 0. The van der Waals surface area contributed by atoms with E-state index >= 15 is 0 Å². The Balaban J connectivity index is 1.47. The average Bonchev–Trinajstić information content (AvgIpc) is 2.95. The van der Waals surface area contributed by atoms with E-state index in [4.69, 9.17) is 9.47 Å². The summed E-state index contributed by atoms with van der Waals surface area (Å²) in [6, 6.07) is 0. The number of hydrogen-bond donors (Lipinski definition) is 0. The van der Waals surface area contributed by atoms with Gasteiger partial charge in [-0.25, -0.2) is 0 Å². The molecule has 3 heteroatoms. The molecule has 0 aromatic carbocycles. The summed E-state index contributed by atoms with van der Waals surface area (Å²) in [6.45, 7) is 9.97. The van der Waals surface area contributed by atoms with Gasteiger partial charge in [0.25, 0.3) is 0 Å². The molecule has 7 atom stereocenters. The first-order valence-electron chi connectivity index (χ1n) is 11.6. The first kappa shape index (κ1) is 18.9. The second-order valence-electron chi connectivity index (χ2n) is 10.6. The molecule has 154 valence electrons. The Hall–Kier alpha value is -1.09. The van der Waals surface area contributed by atoms with Gasteiger partial charge >= 0.3 is 0 Å². The van der Waals surface area contributed by atoms with E-state index < -0.39 is 0 Å². The third-order valence-corrected chi connectivity index (χ3v) is 9.43. The van der Waals surface area contributed by atoms with Crippen LogP contribution in [-0.2, 0) is 14.3 Å².